The zero-order valence-corrected chi connectivity index (χ0v) is 16.5. The molecule has 11 heteroatoms. The summed E-state index contributed by atoms with van der Waals surface area (Å²) in [5, 5.41) is 6.93. The number of amides is 1. The monoisotopic (exact) mass is 417 g/mol. The summed E-state index contributed by atoms with van der Waals surface area (Å²) in [7, 11) is 0. The first-order valence-electron chi connectivity index (χ1n) is 9.59. The number of alkyl halides is 2. The van der Waals surface area contributed by atoms with Crippen molar-refractivity contribution in [3.8, 4) is 0 Å². The third-order valence-corrected chi connectivity index (χ3v) is 5.03. The van der Waals surface area contributed by atoms with Crippen molar-refractivity contribution in [2.75, 3.05) is 18.0 Å². The number of anilines is 1. The molecule has 1 aliphatic heterocycles. The first kappa shape index (κ1) is 19.9. The van der Waals surface area contributed by atoms with Crippen LogP contribution in [0.1, 0.15) is 46.8 Å². The molecule has 158 valence electrons. The molecule has 1 amide bonds. The summed E-state index contributed by atoms with van der Waals surface area (Å²) >= 11 is 0. The number of hydrogen-bond acceptors (Lipinski definition) is 6. The molecule has 3 aromatic heterocycles. The van der Waals surface area contributed by atoms with Gasteiger partial charge in [0, 0.05) is 42.7 Å². The third-order valence-electron chi connectivity index (χ3n) is 5.03. The Morgan fingerprint density at radius 3 is 2.53 bits per heavy atom. The number of aryl methyl sites for hydroxylation is 2. The summed E-state index contributed by atoms with van der Waals surface area (Å²) in [6.07, 6.45) is -1.43. The van der Waals surface area contributed by atoms with E-state index in [9.17, 15) is 18.4 Å². The fraction of sp³-hybridized carbons (Fsp3) is 0.421. The highest BCUT2D eigenvalue weighted by molar-refractivity contribution is 5.93. The number of aromatic amines is 1. The minimum absolute atomic E-state index is 0.0436. The Morgan fingerprint density at radius 2 is 1.87 bits per heavy atom. The Bertz CT molecular complexity index is 1150. The second kappa shape index (κ2) is 7.81. The van der Waals surface area contributed by atoms with Crippen LogP contribution >= 0.6 is 0 Å². The molecule has 0 aromatic carbocycles. The number of carbonyl (C=O) groups is 1. The topological polar surface area (TPSA) is 108 Å². The Balaban J connectivity index is 1.44. The predicted octanol–water partition coefficient (Wildman–Crippen LogP) is 1.77. The summed E-state index contributed by atoms with van der Waals surface area (Å²) < 4.78 is 27.5. The molecule has 0 saturated carbocycles. The number of halogens is 2. The molecule has 0 aliphatic carbocycles. The molecule has 2 N–H and O–H groups in total. The maximum Gasteiger partial charge on any atom is 0.280 e. The van der Waals surface area contributed by atoms with Crippen LogP contribution in [-0.2, 0) is 0 Å². The lowest BCUT2D eigenvalue weighted by Gasteiger charge is -2.32. The molecule has 9 nitrogen and oxygen atoms in total. The first-order chi connectivity index (χ1) is 14.3. The van der Waals surface area contributed by atoms with Crippen LogP contribution in [0.15, 0.2) is 23.0 Å². The second-order valence-corrected chi connectivity index (χ2v) is 7.37. The van der Waals surface area contributed by atoms with Gasteiger partial charge in [-0.15, -0.1) is 0 Å². The number of carbonyl (C=O) groups excluding carboxylic acids is 1. The van der Waals surface area contributed by atoms with Crippen molar-refractivity contribution in [3.63, 3.8) is 0 Å². The van der Waals surface area contributed by atoms with Gasteiger partial charge in [0.25, 0.3) is 17.9 Å². The third kappa shape index (κ3) is 4.00. The molecule has 0 unspecified atom stereocenters. The van der Waals surface area contributed by atoms with Crippen LogP contribution in [0, 0.1) is 13.8 Å². The van der Waals surface area contributed by atoms with E-state index in [1.165, 1.54) is 18.2 Å². The van der Waals surface area contributed by atoms with Crippen LogP contribution in [0.2, 0.25) is 0 Å². The van der Waals surface area contributed by atoms with Gasteiger partial charge in [0.1, 0.15) is 5.69 Å². The highest BCUT2D eigenvalue weighted by Crippen LogP contribution is 2.21. The van der Waals surface area contributed by atoms with Crippen molar-refractivity contribution >= 4 is 17.5 Å². The molecule has 0 radical (unpaired) electrons. The zero-order valence-electron chi connectivity index (χ0n) is 16.5. The maximum atomic E-state index is 13.3. The van der Waals surface area contributed by atoms with Crippen LogP contribution < -0.4 is 15.8 Å². The highest BCUT2D eigenvalue weighted by Gasteiger charge is 2.24. The van der Waals surface area contributed by atoms with Gasteiger partial charge in [-0.1, -0.05) is 0 Å². The van der Waals surface area contributed by atoms with E-state index in [1.54, 1.807) is 13.8 Å². The number of hydrogen-bond donors (Lipinski definition) is 2. The molecule has 1 saturated heterocycles. The van der Waals surface area contributed by atoms with E-state index >= 15 is 0 Å². The van der Waals surface area contributed by atoms with Gasteiger partial charge in [-0.05, 0) is 32.8 Å². The predicted molar refractivity (Wildman–Crippen MR) is 105 cm³/mol. The number of nitrogens with zero attached hydrogens (tertiary/aromatic N) is 5. The summed E-state index contributed by atoms with van der Waals surface area (Å²) in [6, 6.07) is 4.00. The van der Waals surface area contributed by atoms with Gasteiger partial charge in [0.05, 0.1) is 0 Å². The lowest BCUT2D eigenvalue weighted by Crippen LogP contribution is -2.45. The Labute approximate surface area is 170 Å². The van der Waals surface area contributed by atoms with Gasteiger partial charge in [-0.25, -0.2) is 23.3 Å². The second-order valence-electron chi connectivity index (χ2n) is 7.37. The molecule has 1 fully saturated rings. The SMILES string of the molecule is Cc1cc(=O)[nH]c(N2CCC(NC(=O)c3cc4nc(C)cc(C(F)F)n4n3)CC2)n1. The van der Waals surface area contributed by atoms with E-state index in [4.69, 9.17) is 0 Å². The molecule has 3 aromatic rings. The molecular weight excluding hydrogens is 396 g/mol. The van der Waals surface area contributed by atoms with Crippen molar-refractivity contribution in [2.24, 2.45) is 0 Å². The van der Waals surface area contributed by atoms with Crippen LogP contribution in [0.5, 0.6) is 0 Å². The lowest BCUT2D eigenvalue weighted by molar-refractivity contribution is 0.0924. The zero-order chi connectivity index (χ0) is 21.4. The Morgan fingerprint density at radius 1 is 1.17 bits per heavy atom. The quantitative estimate of drug-likeness (QED) is 0.670. The van der Waals surface area contributed by atoms with Crippen molar-refractivity contribution in [2.45, 2.75) is 39.2 Å². The molecule has 4 rings (SSSR count). The Hall–Kier alpha value is -3.37. The molecule has 0 bridgehead atoms. The molecule has 30 heavy (non-hydrogen) atoms. The highest BCUT2D eigenvalue weighted by atomic mass is 19.3. The van der Waals surface area contributed by atoms with Crippen molar-refractivity contribution < 1.29 is 13.6 Å². The molecule has 4 heterocycles. The van der Waals surface area contributed by atoms with Gasteiger partial charge in [-0.3, -0.25) is 14.6 Å². The summed E-state index contributed by atoms with van der Waals surface area (Å²) in [5.74, 6) is 0.0880. The maximum absolute atomic E-state index is 13.3. The number of aromatic nitrogens is 5. The van der Waals surface area contributed by atoms with Crippen molar-refractivity contribution in [1.82, 2.24) is 29.9 Å². The fourth-order valence-corrected chi connectivity index (χ4v) is 3.60. The summed E-state index contributed by atoms with van der Waals surface area (Å²) in [6.45, 7) is 4.59. The van der Waals surface area contributed by atoms with E-state index in [1.807, 2.05) is 4.90 Å². The molecular formula is C19H21F2N7O2. The molecule has 1 aliphatic rings. The smallest absolute Gasteiger partial charge is 0.280 e. The van der Waals surface area contributed by atoms with Gasteiger partial charge < -0.3 is 10.2 Å². The van der Waals surface area contributed by atoms with Crippen LogP contribution in [0.4, 0.5) is 14.7 Å². The Kier molecular flexibility index (Phi) is 5.18. The number of rotatable bonds is 4. The summed E-state index contributed by atoms with van der Waals surface area (Å²) in [5.41, 5.74) is 0.820. The number of H-pyrrole nitrogens is 1. The number of piperidine rings is 1. The van der Waals surface area contributed by atoms with Gasteiger partial charge >= 0.3 is 0 Å². The average Bonchev–Trinajstić information content (AvgIpc) is 3.11. The van der Waals surface area contributed by atoms with E-state index in [-0.39, 0.29) is 28.6 Å². The molecule has 0 spiro atoms. The van der Waals surface area contributed by atoms with Crippen molar-refractivity contribution in [3.05, 3.63) is 51.3 Å². The minimum atomic E-state index is -2.73. The van der Waals surface area contributed by atoms with Crippen molar-refractivity contribution in [1.29, 1.82) is 0 Å². The number of fused-ring (bicyclic) bond motifs is 1. The van der Waals surface area contributed by atoms with Crippen LogP contribution in [0.25, 0.3) is 5.65 Å². The van der Waals surface area contributed by atoms with Gasteiger partial charge in [-0.2, -0.15) is 5.10 Å². The first-order valence-corrected chi connectivity index (χ1v) is 9.59. The van der Waals surface area contributed by atoms with Gasteiger partial charge in [0.2, 0.25) is 5.95 Å². The van der Waals surface area contributed by atoms with Crippen LogP contribution in [-0.4, -0.2) is 49.6 Å². The lowest BCUT2D eigenvalue weighted by atomic mass is 10.1. The van der Waals surface area contributed by atoms with E-state index < -0.39 is 12.3 Å². The standard InChI is InChI=1S/C19H21F2N7O2/c1-10-7-14(17(20)21)28-15(22-10)9-13(26-28)18(30)24-12-3-5-27(6-4-12)19-23-11(2)8-16(29)25-19/h7-9,12,17H,3-6H2,1-2H3,(H,24,30)(H,23,25,29). The number of nitrogens with one attached hydrogen (secondary N) is 2. The largest absolute Gasteiger partial charge is 0.348 e. The average molecular weight is 417 g/mol. The minimum Gasteiger partial charge on any atom is -0.348 e. The van der Waals surface area contributed by atoms with Crippen LogP contribution in [0.3, 0.4) is 0 Å². The summed E-state index contributed by atoms with van der Waals surface area (Å²) in [4.78, 5) is 37.5. The fourth-order valence-electron chi connectivity index (χ4n) is 3.60. The van der Waals surface area contributed by atoms with E-state index in [0.717, 1.165) is 4.52 Å². The molecule has 0 atom stereocenters. The van der Waals surface area contributed by atoms with E-state index in [2.05, 4.69) is 25.4 Å². The normalized spacial score (nSPS) is 15.2. The van der Waals surface area contributed by atoms with Gasteiger partial charge in [0.15, 0.2) is 11.3 Å². The van der Waals surface area contributed by atoms with E-state index in [0.29, 0.717) is 43.3 Å².